The number of likely N-dealkylation sites (tertiary alicyclic amines) is 1. The summed E-state index contributed by atoms with van der Waals surface area (Å²) in [6.07, 6.45) is 1.61. The number of carbonyl (C=O) groups excluding carboxylic acids is 2. The molecule has 0 saturated carbocycles. The summed E-state index contributed by atoms with van der Waals surface area (Å²) in [7, 11) is -0.496. The Morgan fingerprint density at radius 2 is 1.89 bits per heavy atom. The van der Waals surface area contributed by atoms with Gasteiger partial charge in [-0.15, -0.1) is 0 Å². The lowest BCUT2D eigenvalue weighted by Crippen LogP contribution is -2.61. The summed E-state index contributed by atoms with van der Waals surface area (Å²) in [4.78, 5) is 31.6. The van der Waals surface area contributed by atoms with Gasteiger partial charge in [-0.05, 0) is 19.4 Å². The van der Waals surface area contributed by atoms with Gasteiger partial charge < -0.3 is 14.2 Å². The van der Waals surface area contributed by atoms with Crippen LogP contribution in [0.1, 0.15) is 33.3 Å². The second-order valence-corrected chi connectivity index (χ2v) is 8.80. The summed E-state index contributed by atoms with van der Waals surface area (Å²) in [5, 5.41) is 0. The largest absolute Gasteiger partial charge is 0.495 e. The van der Waals surface area contributed by atoms with E-state index in [0.29, 0.717) is 19.0 Å². The topological polar surface area (TPSA) is 72.0 Å². The molecule has 1 aromatic rings. The lowest BCUT2D eigenvalue weighted by atomic mass is 9.76. The van der Waals surface area contributed by atoms with E-state index in [1.165, 1.54) is 23.6 Å². The Morgan fingerprint density at radius 3 is 2.39 bits per heavy atom. The van der Waals surface area contributed by atoms with Crippen molar-refractivity contribution in [2.45, 2.75) is 40.3 Å². The Labute approximate surface area is 165 Å². The summed E-state index contributed by atoms with van der Waals surface area (Å²) >= 11 is 0. The fourth-order valence-corrected chi connectivity index (χ4v) is 3.38. The van der Waals surface area contributed by atoms with Crippen LogP contribution in [0.2, 0.25) is 0 Å². The SMILES string of the molecule is CC(=O)N(CC(=O)N1CC(C)(F)C1)c1ncc(B2OCC(C)(C)CO2)cc1C. The van der Waals surface area contributed by atoms with Gasteiger partial charge in [0.2, 0.25) is 11.8 Å². The standard InChI is InChI=1S/C19H27BFN3O4/c1-13-6-15(20-27-11-18(3,4)12-28-20)7-22-17(13)24(14(2)25)8-16(26)23-9-19(5,21)10-23/h6-7H,8-12H2,1-5H3. The zero-order chi connectivity index (χ0) is 20.7. The van der Waals surface area contributed by atoms with Gasteiger partial charge in [-0.2, -0.15) is 0 Å². The molecule has 0 atom stereocenters. The second kappa shape index (κ2) is 7.44. The van der Waals surface area contributed by atoms with Crippen LogP contribution in [0.4, 0.5) is 10.2 Å². The fraction of sp³-hybridized carbons (Fsp3) is 0.632. The van der Waals surface area contributed by atoms with Gasteiger partial charge in [0.25, 0.3) is 0 Å². The number of halogens is 1. The van der Waals surface area contributed by atoms with Crippen LogP contribution >= 0.6 is 0 Å². The van der Waals surface area contributed by atoms with Crippen LogP contribution in [0.3, 0.4) is 0 Å². The van der Waals surface area contributed by atoms with Crippen LogP contribution in [-0.2, 0) is 18.9 Å². The Morgan fingerprint density at radius 1 is 1.29 bits per heavy atom. The van der Waals surface area contributed by atoms with Crippen molar-refractivity contribution in [1.82, 2.24) is 9.88 Å². The first-order chi connectivity index (χ1) is 13.0. The second-order valence-electron chi connectivity index (χ2n) is 8.80. The van der Waals surface area contributed by atoms with E-state index >= 15 is 0 Å². The molecule has 1 aromatic heterocycles. The van der Waals surface area contributed by atoms with E-state index in [0.717, 1.165) is 11.0 Å². The molecule has 2 aliphatic rings. The van der Waals surface area contributed by atoms with Gasteiger partial charge in [0.15, 0.2) is 0 Å². The minimum Gasteiger partial charge on any atom is -0.407 e. The number of aromatic nitrogens is 1. The molecule has 2 saturated heterocycles. The van der Waals surface area contributed by atoms with Crippen molar-refractivity contribution in [3.8, 4) is 0 Å². The molecule has 0 N–H and O–H groups in total. The molecule has 3 heterocycles. The first-order valence-electron chi connectivity index (χ1n) is 9.42. The van der Waals surface area contributed by atoms with E-state index in [1.807, 2.05) is 13.0 Å². The van der Waals surface area contributed by atoms with Crippen molar-refractivity contribution in [2.75, 3.05) is 37.7 Å². The number of aryl methyl sites for hydroxylation is 1. The average molecular weight is 391 g/mol. The summed E-state index contributed by atoms with van der Waals surface area (Å²) in [5.74, 6) is -0.187. The third kappa shape index (κ3) is 4.52. The van der Waals surface area contributed by atoms with Gasteiger partial charge in [0.1, 0.15) is 18.0 Å². The lowest BCUT2D eigenvalue weighted by molar-refractivity contribution is -0.143. The molecule has 0 aliphatic carbocycles. The zero-order valence-electron chi connectivity index (χ0n) is 17.1. The quantitative estimate of drug-likeness (QED) is 0.719. The predicted octanol–water partition coefficient (Wildman–Crippen LogP) is 1.08. The van der Waals surface area contributed by atoms with Crippen LogP contribution in [0.25, 0.3) is 0 Å². The predicted molar refractivity (Wildman–Crippen MR) is 104 cm³/mol. The minimum absolute atomic E-state index is 0.0305. The number of hydrogen-bond donors (Lipinski definition) is 0. The minimum atomic E-state index is -1.35. The molecule has 2 amide bonds. The van der Waals surface area contributed by atoms with Crippen LogP contribution < -0.4 is 10.4 Å². The van der Waals surface area contributed by atoms with Crippen LogP contribution in [0, 0.1) is 12.3 Å². The number of alkyl halides is 1. The number of amides is 2. The Balaban J connectivity index is 1.71. The maximum atomic E-state index is 13.7. The normalized spacial score (nSPS) is 20.5. The summed E-state index contributed by atoms with van der Waals surface area (Å²) in [5.41, 5.74) is 0.122. The number of carbonyl (C=O) groups is 2. The molecular formula is C19H27BFN3O4. The fourth-order valence-electron chi connectivity index (χ4n) is 3.38. The lowest BCUT2D eigenvalue weighted by Gasteiger charge is -2.42. The van der Waals surface area contributed by atoms with E-state index in [-0.39, 0.29) is 36.9 Å². The molecule has 0 spiro atoms. The smallest absolute Gasteiger partial charge is 0.407 e. The molecular weight excluding hydrogens is 364 g/mol. The molecule has 0 radical (unpaired) electrons. The number of rotatable bonds is 4. The summed E-state index contributed by atoms with van der Waals surface area (Å²) in [6, 6.07) is 1.86. The number of anilines is 1. The summed E-state index contributed by atoms with van der Waals surface area (Å²) in [6.45, 7) is 9.90. The van der Waals surface area contributed by atoms with E-state index in [1.54, 1.807) is 6.20 Å². The number of nitrogens with zero attached hydrogens (tertiary/aromatic N) is 3. The van der Waals surface area contributed by atoms with E-state index in [9.17, 15) is 14.0 Å². The molecule has 152 valence electrons. The molecule has 7 nitrogen and oxygen atoms in total. The van der Waals surface area contributed by atoms with Crippen LogP contribution in [-0.4, -0.2) is 67.3 Å². The van der Waals surface area contributed by atoms with Crippen molar-refractivity contribution >= 4 is 30.2 Å². The average Bonchev–Trinajstić information content (AvgIpc) is 2.57. The van der Waals surface area contributed by atoms with Crippen molar-refractivity contribution in [3.63, 3.8) is 0 Å². The molecule has 2 aliphatic heterocycles. The van der Waals surface area contributed by atoms with Crippen LogP contribution in [0.5, 0.6) is 0 Å². The van der Waals surface area contributed by atoms with Gasteiger partial charge in [0, 0.05) is 37.2 Å². The van der Waals surface area contributed by atoms with Crippen LogP contribution in [0.15, 0.2) is 12.3 Å². The molecule has 0 bridgehead atoms. The molecule has 9 heteroatoms. The highest BCUT2D eigenvalue weighted by Gasteiger charge is 2.42. The third-order valence-electron chi connectivity index (χ3n) is 4.92. The van der Waals surface area contributed by atoms with E-state index in [2.05, 4.69) is 18.8 Å². The van der Waals surface area contributed by atoms with Crippen molar-refractivity contribution < 1.29 is 23.3 Å². The Hall–Kier alpha value is -2.00. The Kier molecular flexibility index (Phi) is 5.51. The number of hydrogen-bond acceptors (Lipinski definition) is 5. The van der Waals surface area contributed by atoms with Gasteiger partial charge >= 0.3 is 7.12 Å². The molecule has 3 rings (SSSR count). The number of pyridine rings is 1. The van der Waals surface area contributed by atoms with Crippen molar-refractivity contribution in [1.29, 1.82) is 0 Å². The molecule has 0 unspecified atom stereocenters. The van der Waals surface area contributed by atoms with E-state index in [4.69, 9.17) is 9.31 Å². The first-order valence-corrected chi connectivity index (χ1v) is 9.42. The Bertz CT molecular complexity index is 768. The molecule has 2 fully saturated rings. The summed E-state index contributed by atoms with van der Waals surface area (Å²) < 4.78 is 25.2. The highest BCUT2D eigenvalue weighted by Crippen LogP contribution is 2.25. The molecule has 28 heavy (non-hydrogen) atoms. The molecule has 0 aromatic carbocycles. The zero-order valence-corrected chi connectivity index (χ0v) is 17.1. The van der Waals surface area contributed by atoms with E-state index < -0.39 is 12.8 Å². The maximum absolute atomic E-state index is 13.7. The first kappa shape index (κ1) is 20.7. The van der Waals surface area contributed by atoms with Gasteiger partial charge in [-0.25, -0.2) is 9.37 Å². The van der Waals surface area contributed by atoms with Crippen molar-refractivity contribution in [2.24, 2.45) is 5.41 Å². The van der Waals surface area contributed by atoms with Gasteiger partial charge in [0.05, 0.1) is 13.1 Å². The third-order valence-corrected chi connectivity index (χ3v) is 4.92. The van der Waals surface area contributed by atoms with Crippen molar-refractivity contribution in [3.05, 3.63) is 17.8 Å². The maximum Gasteiger partial charge on any atom is 0.495 e. The highest BCUT2D eigenvalue weighted by atomic mass is 19.1. The monoisotopic (exact) mass is 391 g/mol. The van der Waals surface area contributed by atoms with Gasteiger partial charge in [-0.3, -0.25) is 14.5 Å². The van der Waals surface area contributed by atoms with Gasteiger partial charge in [-0.1, -0.05) is 19.9 Å². The highest BCUT2D eigenvalue weighted by molar-refractivity contribution is 6.61.